The van der Waals surface area contributed by atoms with Gasteiger partial charge in [0.05, 0.1) is 5.56 Å². The minimum atomic E-state index is 0.0887. The molecule has 2 heterocycles. The zero-order valence-corrected chi connectivity index (χ0v) is 24.9. The molecule has 0 radical (unpaired) electrons. The zero-order chi connectivity index (χ0) is 29.6. The molecule has 9 rings (SSSR count). The third-order valence-corrected chi connectivity index (χ3v) is 9.19. The van der Waals surface area contributed by atoms with Crippen LogP contribution >= 0.6 is 0 Å². The van der Waals surface area contributed by atoms with Crippen molar-refractivity contribution in [2.24, 2.45) is 0 Å². The molecule has 44 heavy (non-hydrogen) atoms. The average molecular weight is 567 g/mol. The molecule has 9 aromatic rings. The molecule has 0 unspecified atom stereocenters. The van der Waals surface area contributed by atoms with Gasteiger partial charge >= 0.3 is 0 Å². The summed E-state index contributed by atoms with van der Waals surface area (Å²) in [6.07, 6.45) is 0. The molecule has 0 aliphatic carbocycles. The lowest BCUT2D eigenvalue weighted by atomic mass is 9.85. The SMILES string of the molecule is CC(C)(C)c1ccc(-c2ccccc2-c2c3oc4cc5ccccc5cc4c3cc3c2oc2cc4ccccc4cc23)cc1. The fraction of sp³-hybridized carbons (Fsp3) is 0.0952. The first-order chi connectivity index (χ1) is 21.4. The van der Waals surface area contributed by atoms with Gasteiger partial charge < -0.3 is 8.83 Å². The number of hydrogen-bond donors (Lipinski definition) is 0. The highest BCUT2D eigenvalue weighted by Crippen LogP contribution is 2.47. The molecule has 0 aliphatic heterocycles. The van der Waals surface area contributed by atoms with Crippen LogP contribution in [0.4, 0.5) is 0 Å². The first-order valence-electron chi connectivity index (χ1n) is 15.3. The van der Waals surface area contributed by atoms with Crippen LogP contribution in [0.5, 0.6) is 0 Å². The number of benzene rings is 7. The summed E-state index contributed by atoms with van der Waals surface area (Å²) in [5, 5.41) is 9.16. The van der Waals surface area contributed by atoms with Crippen LogP contribution in [0.2, 0.25) is 0 Å². The lowest BCUT2D eigenvalue weighted by molar-refractivity contribution is 0.590. The van der Waals surface area contributed by atoms with E-state index in [-0.39, 0.29) is 5.41 Å². The van der Waals surface area contributed by atoms with Gasteiger partial charge in [-0.25, -0.2) is 0 Å². The maximum absolute atomic E-state index is 6.82. The number of furan rings is 2. The molecule has 2 nitrogen and oxygen atoms in total. The average Bonchev–Trinajstić information content (AvgIpc) is 3.57. The number of hydrogen-bond acceptors (Lipinski definition) is 2. The largest absolute Gasteiger partial charge is 0.455 e. The van der Waals surface area contributed by atoms with E-state index in [2.05, 4.69) is 148 Å². The van der Waals surface area contributed by atoms with E-state index in [1.165, 1.54) is 32.7 Å². The Morgan fingerprint density at radius 3 is 1.39 bits per heavy atom. The highest BCUT2D eigenvalue weighted by molar-refractivity contribution is 6.24. The van der Waals surface area contributed by atoms with Gasteiger partial charge in [0.1, 0.15) is 22.3 Å². The smallest absolute Gasteiger partial charge is 0.147 e. The quantitative estimate of drug-likeness (QED) is 0.208. The van der Waals surface area contributed by atoms with Gasteiger partial charge in [0.15, 0.2) is 0 Å². The molecule has 0 atom stereocenters. The summed E-state index contributed by atoms with van der Waals surface area (Å²) in [5.41, 5.74) is 9.29. The Hall–Kier alpha value is -5.34. The first kappa shape index (κ1) is 25.2. The third kappa shape index (κ3) is 3.74. The molecule has 2 aromatic heterocycles. The summed E-state index contributed by atoms with van der Waals surface area (Å²) in [6, 6.07) is 45.7. The summed E-state index contributed by atoms with van der Waals surface area (Å²) in [4.78, 5) is 0. The normalized spacial score (nSPS) is 12.4. The van der Waals surface area contributed by atoms with Crippen LogP contribution in [0.1, 0.15) is 26.3 Å². The highest BCUT2D eigenvalue weighted by atomic mass is 16.3. The molecular weight excluding hydrogens is 536 g/mol. The molecule has 210 valence electrons. The van der Waals surface area contributed by atoms with Crippen molar-refractivity contribution in [2.45, 2.75) is 26.2 Å². The maximum atomic E-state index is 6.82. The van der Waals surface area contributed by atoms with Crippen LogP contribution in [-0.2, 0) is 5.41 Å². The first-order valence-corrected chi connectivity index (χ1v) is 15.3. The second kappa shape index (κ2) is 9.08. The summed E-state index contributed by atoms with van der Waals surface area (Å²) in [6.45, 7) is 6.76. The van der Waals surface area contributed by atoms with E-state index in [1.807, 2.05) is 0 Å². The van der Waals surface area contributed by atoms with E-state index in [0.29, 0.717) is 0 Å². The van der Waals surface area contributed by atoms with Gasteiger partial charge in [-0.05, 0) is 79.5 Å². The van der Waals surface area contributed by atoms with Crippen molar-refractivity contribution in [3.05, 3.63) is 133 Å². The van der Waals surface area contributed by atoms with E-state index in [0.717, 1.165) is 60.6 Å². The van der Waals surface area contributed by atoms with Crippen LogP contribution in [0, 0.1) is 0 Å². The highest BCUT2D eigenvalue weighted by Gasteiger charge is 2.24. The fourth-order valence-electron chi connectivity index (χ4n) is 6.86. The number of fused-ring (bicyclic) bond motifs is 8. The Morgan fingerprint density at radius 2 is 0.886 bits per heavy atom. The summed E-state index contributed by atoms with van der Waals surface area (Å²) >= 11 is 0. The van der Waals surface area contributed by atoms with Crippen LogP contribution in [-0.4, -0.2) is 0 Å². The third-order valence-electron chi connectivity index (χ3n) is 9.19. The molecule has 0 N–H and O–H groups in total. The van der Waals surface area contributed by atoms with E-state index < -0.39 is 0 Å². The van der Waals surface area contributed by atoms with Crippen LogP contribution in [0.25, 0.3) is 87.7 Å². The predicted octanol–water partition coefficient (Wildman–Crippen LogP) is 12.4. The minimum absolute atomic E-state index is 0.0887. The van der Waals surface area contributed by atoms with Gasteiger partial charge in [0, 0.05) is 21.5 Å². The molecule has 0 fully saturated rings. The summed E-state index contributed by atoms with van der Waals surface area (Å²) in [5.74, 6) is 0. The maximum Gasteiger partial charge on any atom is 0.147 e. The minimum Gasteiger partial charge on any atom is -0.455 e. The van der Waals surface area contributed by atoms with Crippen molar-refractivity contribution in [2.75, 3.05) is 0 Å². The van der Waals surface area contributed by atoms with Crippen molar-refractivity contribution in [3.8, 4) is 22.3 Å². The molecule has 2 heteroatoms. The zero-order valence-electron chi connectivity index (χ0n) is 24.9. The molecule has 0 aliphatic rings. The van der Waals surface area contributed by atoms with Gasteiger partial charge in [-0.2, -0.15) is 0 Å². The Kier molecular flexibility index (Phi) is 5.20. The van der Waals surface area contributed by atoms with Crippen LogP contribution in [0.3, 0.4) is 0 Å². The summed E-state index contributed by atoms with van der Waals surface area (Å²) < 4.78 is 13.6. The lowest BCUT2D eigenvalue weighted by Crippen LogP contribution is -2.10. The van der Waals surface area contributed by atoms with Gasteiger partial charge in [-0.3, -0.25) is 0 Å². The van der Waals surface area contributed by atoms with E-state index in [1.54, 1.807) is 0 Å². The van der Waals surface area contributed by atoms with Crippen molar-refractivity contribution >= 4 is 65.4 Å². The standard InChI is InChI=1S/C42H30O2/c1-42(2,3)30-18-16-25(17-19-30)31-14-8-9-15-32(31)39-40-35(33-20-26-10-4-6-12-28(26)22-37(33)43-40)24-36-34-21-27-11-5-7-13-29(27)23-38(34)44-41(36)39/h4-24H,1-3H3. The molecule has 0 saturated heterocycles. The molecule has 0 spiro atoms. The number of rotatable bonds is 2. The van der Waals surface area contributed by atoms with Crippen molar-refractivity contribution in [3.63, 3.8) is 0 Å². The second-order valence-electron chi connectivity index (χ2n) is 13.0. The Labute approximate surface area is 255 Å². The van der Waals surface area contributed by atoms with Crippen molar-refractivity contribution < 1.29 is 8.83 Å². The fourth-order valence-corrected chi connectivity index (χ4v) is 6.86. The lowest BCUT2D eigenvalue weighted by Gasteiger charge is -2.19. The van der Waals surface area contributed by atoms with Gasteiger partial charge in [0.2, 0.25) is 0 Å². The van der Waals surface area contributed by atoms with Gasteiger partial charge in [0.25, 0.3) is 0 Å². The Balaban J connectivity index is 1.42. The Bertz CT molecular complexity index is 2440. The van der Waals surface area contributed by atoms with E-state index in [4.69, 9.17) is 8.83 Å². The predicted molar refractivity (Wildman–Crippen MR) is 186 cm³/mol. The molecule has 7 aromatic carbocycles. The summed E-state index contributed by atoms with van der Waals surface area (Å²) in [7, 11) is 0. The van der Waals surface area contributed by atoms with Crippen LogP contribution < -0.4 is 0 Å². The monoisotopic (exact) mass is 566 g/mol. The van der Waals surface area contributed by atoms with E-state index >= 15 is 0 Å². The van der Waals surface area contributed by atoms with Gasteiger partial charge in [-0.15, -0.1) is 0 Å². The molecule has 0 saturated carbocycles. The van der Waals surface area contributed by atoms with Crippen molar-refractivity contribution in [1.29, 1.82) is 0 Å². The van der Waals surface area contributed by atoms with Crippen molar-refractivity contribution in [1.82, 2.24) is 0 Å². The van der Waals surface area contributed by atoms with Gasteiger partial charge in [-0.1, -0.05) is 118 Å². The molecule has 0 bridgehead atoms. The molecule has 0 amide bonds. The topological polar surface area (TPSA) is 26.3 Å². The Morgan fingerprint density at radius 1 is 0.432 bits per heavy atom. The van der Waals surface area contributed by atoms with Crippen LogP contribution in [0.15, 0.2) is 136 Å². The second-order valence-corrected chi connectivity index (χ2v) is 13.0. The molecular formula is C42H30O2. The van der Waals surface area contributed by atoms with E-state index in [9.17, 15) is 0 Å².